The third-order valence-corrected chi connectivity index (χ3v) is 2.16. The van der Waals surface area contributed by atoms with E-state index in [9.17, 15) is 0 Å². The van der Waals surface area contributed by atoms with E-state index in [4.69, 9.17) is 9.47 Å². The largest absolute Gasteiger partial charge is 0.464 e. The van der Waals surface area contributed by atoms with E-state index < -0.39 is 0 Å². The van der Waals surface area contributed by atoms with E-state index in [2.05, 4.69) is 32.5 Å². The van der Waals surface area contributed by atoms with Crippen LogP contribution in [0, 0.1) is 0 Å². The van der Waals surface area contributed by atoms with Gasteiger partial charge in [0.1, 0.15) is 0 Å². The van der Waals surface area contributed by atoms with E-state index in [1.165, 1.54) is 0 Å². The molecule has 19 heavy (non-hydrogen) atoms. The van der Waals surface area contributed by atoms with Gasteiger partial charge >= 0.3 is 6.01 Å². The molecule has 0 atom stereocenters. The Hall–Kier alpha value is -1.63. The molecule has 108 valence electrons. The van der Waals surface area contributed by atoms with Crippen LogP contribution in [0.2, 0.25) is 0 Å². The van der Waals surface area contributed by atoms with Crippen LogP contribution in [-0.4, -0.2) is 47.9 Å². The maximum atomic E-state index is 5.32. The second-order valence-corrected chi connectivity index (χ2v) is 3.75. The van der Waals surface area contributed by atoms with Crippen molar-refractivity contribution in [1.82, 2.24) is 15.0 Å². The first kappa shape index (κ1) is 15.4. The molecule has 0 radical (unpaired) electrons. The van der Waals surface area contributed by atoms with E-state index in [1.807, 2.05) is 13.8 Å². The molecule has 7 heteroatoms. The molecule has 1 aromatic heterocycles. The number of rotatable bonds is 10. The molecule has 0 saturated heterocycles. The van der Waals surface area contributed by atoms with Gasteiger partial charge in [-0.05, 0) is 20.3 Å². The summed E-state index contributed by atoms with van der Waals surface area (Å²) in [7, 11) is 0. The SMILES string of the molecule is CCCNc1nc(NCCOCC)nc(OCC)n1. The second kappa shape index (κ2) is 9.32. The summed E-state index contributed by atoms with van der Waals surface area (Å²) in [6, 6.07) is 0.329. The molecule has 0 unspecified atom stereocenters. The van der Waals surface area contributed by atoms with Crippen LogP contribution in [0.3, 0.4) is 0 Å². The maximum absolute atomic E-state index is 5.32. The summed E-state index contributed by atoms with van der Waals surface area (Å²) in [4.78, 5) is 12.6. The fourth-order valence-corrected chi connectivity index (χ4v) is 1.32. The molecule has 0 aliphatic heterocycles. The lowest BCUT2D eigenvalue weighted by Gasteiger charge is -2.09. The van der Waals surface area contributed by atoms with Gasteiger partial charge in [0, 0.05) is 19.7 Å². The van der Waals surface area contributed by atoms with Gasteiger partial charge in [-0.1, -0.05) is 6.92 Å². The Kier molecular flexibility index (Phi) is 7.57. The van der Waals surface area contributed by atoms with Crippen LogP contribution >= 0.6 is 0 Å². The van der Waals surface area contributed by atoms with Gasteiger partial charge in [0.15, 0.2) is 0 Å². The molecule has 1 heterocycles. The van der Waals surface area contributed by atoms with Crippen LogP contribution in [0.1, 0.15) is 27.2 Å². The van der Waals surface area contributed by atoms with Crippen molar-refractivity contribution in [2.24, 2.45) is 0 Å². The van der Waals surface area contributed by atoms with Crippen molar-refractivity contribution >= 4 is 11.9 Å². The summed E-state index contributed by atoms with van der Waals surface area (Å²) in [6.45, 7) is 9.24. The summed E-state index contributed by atoms with van der Waals surface area (Å²) in [5, 5.41) is 6.21. The van der Waals surface area contributed by atoms with Crippen LogP contribution in [0.15, 0.2) is 0 Å². The van der Waals surface area contributed by atoms with Crippen molar-refractivity contribution < 1.29 is 9.47 Å². The highest BCUT2D eigenvalue weighted by atomic mass is 16.5. The van der Waals surface area contributed by atoms with Gasteiger partial charge in [0.25, 0.3) is 0 Å². The predicted octanol–water partition coefficient (Wildman–Crippen LogP) is 1.54. The summed E-state index contributed by atoms with van der Waals surface area (Å²) >= 11 is 0. The van der Waals surface area contributed by atoms with E-state index in [1.54, 1.807) is 0 Å². The zero-order valence-electron chi connectivity index (χ0n) is 11.9. The van der Waals surface area contributed by atoms with E-state index in [-0.39, 0.29) is 0 Å². The lowest BCUT2D eigenvalue weighted by atomic mass is 10.5. The highest BCUT2D eigenvalue weighted by Gasteiger charge is 2.06. The number of ether oxygens (including phenoxy) is 2. The number of nitrogens with one attached hydrogen (secondary N) is 2. The molecule has 1 rings (SSSR count). The monoisotopic (exact) mass is 269 g/mol. The lowest BCUT2D eigenvalue weighted by Crippen LogP contribution is -2.14. The normalized spacial score (nSPS) is 10.3. The van der Waals surface area contributed by atoms with Crippen LogP contribution in [0.5, 0.6) is 6.01 Å². The van der Waals surface area contributed by atoms with Gasteiger partial charge < -0.3 is 20.1 Å². The molecule has 1 aromatic rings. The summed E-state index contributed by atoms with van der Waals surface area (Å²) in [5.41, 5.74) is 0. The zero-order chi connectivity index (χ0) is 13.9. The third kappa shape index (κ3) is 6.19. The number of aromatic nitrogens is 3. The Bertz CT molecular complexity index is 362. The minimum atomic E-state index is 0.329. The van der Waals surface area contributed by atoms with E-state index in [0.29, 0.717) is 44.3 Å². The highest BCUT2D eigenvalue weighted by molar-refractivity contribution is 5.35. The standard InChI is InChI=1S/C12H23N5O2/c1-4-7-13-10-15-11(14-8-9-18-5-2)17-12(16-10)19-6-3/h4-9H2,1-3H3,(H2,13,14,15,16,17). The maximum Gasteiger partial charge on any atom is 0.323 e. The van der Waals surface area contributed by atoms with Crippen molar-refractivity contribution in [3.63, 3.8) is 0 Å². The van der Waals surface area contributed by atoms with Gasteiger partial charge in [-0.3, -0.25) is 0 Å². The Balaban J connectivity index is 2.63. The zero-order valence-corrected chi connectivity index (χ0v) is 11.9. The molecule has 0 bridgehead atoms. The van der Waals surface area contributed by atoms with E-state index >= 15 is 0 Å². The van der Waals surface area contributed by atoms with Crippen LogP contribution in [-0.2, 0) is 4.74 Å². The molecule has 0 fully saturated rings. The van der Waals surface area contributed by atoms with Crippen molar-refractivity contribution in [3.8, 4) is 6.01 Å². The minimum Gasteiger partial charge on any atom is -0.464 e. The fraction of sp³-hybridized carbons (Fsp3) is 0.750. The first-order valence-electron chi connectivity index (χ1n) is 6.74. The van der Waals surface area contributed by atoms with Crippen molar-refractivity contribution in [1.29, 1.82) is 0 Å². The number of anilines is 2. The van der Waals surface area contributed by atoms with Crippen LogP contribution < -0.4 is 15.4 Å². The van der Waals surface area contributed by atoms with Gasteiger partial charge in [0.2, 0.25) is 11.9 Å². The smallest absolute Gasteiger partial charge is 0.323 e. The van der Waals surface area contributed by atoms with Crippen molar-refractivity contribution in [2.75, 3.05) is 43.5 Å². The molecule has 2 N–H and O–H groups in total. The van der Waals surface area contributed by atoms with Crippen LogP contribution in [0.25, 0.3) is 0 Å². The second-order valence-electron chi connectivity index (χ2n) is 3.75. The molecule has 7 nitrogen and oxygen atoms in total. The number of hydrogen-bond acceptors (Lipinski definition) is 7. The van der Waals surface area contributed by atoms with Gasteiger partial charge in [-0.25, -0.2) is 0 Å². The molecule has 0 aliphatic rings. The number of nitrogens with zero attached hydrogens (tertiary/aromatic N) is 3. The first-order chi connectivity index (χ1) is 9.30. The summed E-state index contributed by atoms with van der Waals surface area (Å²) < 4.78 is 10.6. The summed E-state index contributed by atoms with van der Waals surface area (Å²) in [6.07, 6.45) is 1.00. The van der Waals surface area contributed by atoms with Crippen molar-refractivity contribution in [2.45, 2.75) is 27.2 Å². The highest BCUT2D eigenvalue weighted by Crippen LogP contribution is 2.11. The topological polar surface area (TPSA) is 81.2 Å². The van der Waals surface area contributed by atoms with Gasteiger partial charge in [-0.2, -0.15) is 15.0 Å². The quantitative estimate of drug-likeness (QED) is 0.623. The Morgan fingerprint density at radius 2 is 1.58 bits per heavy atom. The molecular weight excluding hydrogens is 246 g/mol. The molecule has 0 spiro atoms. The summed E-state index contributed by atoms with van der Waals surface area (Å²) in [5.74, 6) is 1.02. The first-order valence-corrected chi connectivity index (χ1v) is 6.74. The molecule has 0 saturated carbocycles. The molecular formula is C12H23N5O2. The van der Waals surface area contributed by atoms with Gasteiger partial charge in [-0.15, -0.1) is 0 Å². The molecule has 0 aliphatic carbocycles. The lowest BCUT2D eigenvalue weighted by molar-refractivity contribution is 0.158. The van der Waals surface area contributed by atoms with Crippen LogP contribution in [0.4, 0.5) is 11.9 Å². The fourth-order valence-electron chi connectivity index (χ4n) is 1.32. The average Bonchev–Trinajstić information content (AvgIpc) is 2.42. The number of hydrogen-bond donors (Lipinski definition) is 2. The van der Waals surface area contributed by atoms with Gasteiger partial charge in [0.05, 0.1) is 13.2 Å². The van der Waals surface area contributed by atoms with E-state index in [0.717, 1.165) is 13.0 Å². The predicted molar refractivity (Wildman–Crippen MR) is 74.8 cm³/mol. The Morgan fingerprint density at radius 3 is 2.16 bits per heavy atom. The Labute approximate surface area is 114 Å². The van der Waals surface area contributed by atoms with Crippen molar-refractivity contribution in [3.05, 3.63) is 0 Å². The minimum absolute atomic E-state index is 0.329. The average molecular weight is 269 g/mol. The molecule has 0 aromatic carbocycles. The molecule has 0 amide bonds. The Morgan fingerprint density at radius 1 is 0.895 bits per heavy atom. The third-order valence-electron chi connectivity index (χ3n) is 2.16.